The minimum atomic E-state index is -0.983. The maximum Gasteiger partial charge on any atom is 0.418 e. The topological polar surface area (TPSA) is 83.5 Å². The van der Waals surface area contributed by atoms with Gasteiger partial charge < -0.3 is 10.9 Å². The molecule has 0 saturated carbocycles. The molecule has 0 radical (unpaired) electrons. The minimum Gasteiger partial charge on any atom is -0.619 e. The highest BCUT2D eigenvalue weighted by molar-refractivity contribution is 5.64. The Hall–Kier alpha value is -1.46. The largest absolute Gasteiger partial charge is 0.619 e. The number of urea groups is 1. The summed E-state index contributed by atoms with van der Waals surface area (Å²) in [5.74, 6) is 0.0833. The third-order valence-corrected chi connectivity index (χ3v) is 1.12. The Morgan fingerprint density at radius 3 is 2.82 bits per heavy atom. The smallest absolute Gasteiger partial charge is 0.418 e. The minimum absolute atomic E-state index is 0.0833. The summed E-state index contributed by atoms with van der Waals surface area (Å²) in [7, 11) is 0. The van der Waals surface area contributed by atoms with Crippen LogP contribution < -0.4 is 10.8 Å². The van der Waals surface area contributed by atoms with Crippen LogP contribution in [-0.4, -0.2) is 11.0 Å². The zero-order valence-electron chi connectivity index (χ0n) is 5.65. The first-order valence-electron chi connectivity index (χ1n) is 2.97. The zero-order valence-corrected chi connectivity index (χ0v) is 5.65. The van der Waals surface area contributed by atoms with Crippen LogP contribution in [0.25, 0.3) is 0 Å². The van der Waals surface area contributed by atoms with E-state index in [2.05, 4.69) is 4.98 Å². The number of pyridine rings is 1. The van der Waals surface area contributed by atoms with Crippen LogP contribution in [0.5, 0.6) is 0 Å². The number of aromatic nitrogens is 1. The molecule has 1 aromatic heterocycles. The molecule has 0 spiro atoms. The van der Waals surface area contributed by atoms with Gasteiger partial charge in [-0.25, -0.2) is 14.8 Å². The lowest BCUT2D eigenvalue weighted by atomic mass is 10.5. The molecule has 11 heavy (non-hydrogen) atoms. The molecule has 1 aromatic rings. The summed E-state index contributed by atoms with van der Waals surface area (Å²) in [4.78, 5) is 14.0. The lowest BCUT2D eigenvalue weighted by Gasteiger charge is -2.13. The summed E-state index contributed by atoms with van der Waals surface area (Å²) in [5, 5.41) is 10.0. The Morgan fingerprint density at radius 1 is 1.64 bits per heavy atom. The molecular weight excluding hydrogens is 146 g/mol. The Labute approximate surface area is 63.0 Å². The first kappa shape index (κ1) is 7.64. The van der Waals surface area contributed by atoms with E-state index in [-0.39, 0.29) is 5.82 Å². The number of quaternary nitrogens is 1. The van der Waals surface area contributed by atoms with Crippen molar-refractivity contribution in [1.29, 1.82) is 0 Å². The molecule has 1 rings (SSSR count). The number of nitrogens with zero attached hydrogens (tertiary/aromatic N) is 1. The van der Waals surface area contributed by atoms with Gasteiger partial charge in [0.2, 0.25) is 5.82 Å². The van der Waals surface area contributed by atoms with Crippen molar-refractivity contribution in [2.45, 2.75) is 0 Å². The van der Waals surface area contributed by atoms with Crippen molar-refractivity contribution in [3.8, 4) is 0 Å². The predicted molar refractivity (Wildman–Crippen MR) is 37.8 cm³/mol. The van der Waals surface area contributed by atoms with E-state index in [9.17, 15) is 10.0 Å². The second-order valence-electron chi connectivity index (χ2n) is 1.91. The number of carbonyl (C=O) groups excluding carboxylic acids is 1. The van der Waals surface area contributed by atoms with Gasteiger partial charge in [-0.05, 0) is 6.07 Å². The lowest BCUT2D eigenvalue weighted by Crippen LogP contribution is -3.06. The molecule has 1 unspecified atom stereocenters. The third kappa shape index (κ3) is 1.73. The van der Waals surface area contributed by atoms with Gasteiger partial charge in [0.05, 0.1) is 0 Å². The van der Waals surface area contributed by atoms with Crippen molar-refractivity contribution in [3.05, 3.63) is 29.6 Å². The molecule has 0 aliphatic rings. The molecule has 0 aromatic carbocycles. The van der Waals surface area contributed by atoms with E-state index in [0.717, 1.165) is 0 Å². The maximum atomic E-state index is 10.8. The average molecular weight is 153 g/mol. The van der Waals surface area contributed by atoms with Gasteiger partial charge in [0.15, 0.2) is 0 Å². The predicted octanol–water partition coefficient (Wildman–Crippen LogP) is -0.826. The highest BCUT2D eigenvalue weighted by Crippen LogP contribution is 1.90. The molecule has 2 amide bonds. The van der Waals surface area contributed by atoms with Gasteiger partial charge >= 0.3 is 6.03 Å². The number of nitrogens with two attached hydrogens (primary N) is 1. The molecule has 0 aliphatic carbocycles. The molecule has 3 N–H and O–H groups in total. The number of hydrogen-bond acceptors (Lipinski definition) is 3. The van der Waals surface area contributed by atoms with Gasteiger partial charge in [0.25, 0.3) is 0 Å². The van der Waals surface area contributed by atoms with Gasteiger partial charge in [0.1, 0.15) is 0 Å². The van der Waals surface area contributed by atoms with E-state index in [0.29, 0.717) is 0 Å². The van der Waals surface area contributed by atoms with E-state index in [4.69, 9.17) is 5.73 Å². The summed E-state index contributed by atoms with van der Waals surface area (Å²) in [6, 6.07) is 3.72. The van der Waals surface area contributed by atoms with Crippen LogP contribution in [0.15, 0.2) is 24.4 Å². The van der Waals surface area contributed by atoms with E-state index in [1.807, 2.05) is 0 Å². The molecular formula is C6H7N3O2. The van der Waals surface area contributed by atoms with Crippen molar-refractivity contribution >= 4 is 11.8 Å². The van der Waals surface area contributed by atoms with Gasteiger partial charge in [-0.1, -0.05) is 6.07 Å². The summed E-state index contributed by atoms with van der Waals surface area (Å²) < 4.78 is 0. The fraction of sp³-hybridized carbons (Fsp3) is 0. The highest BCUT2D eigenvalue weighted by atomic mass is 16.5. The number of rotatable bonds is 1. The number of amides is 2. The molecule has 5 heteroatoms. The SMILES string of the molecule is NC(=O)[NH+]([O-])c1ccccn1. The Bertz CT molecular complexity index is 249. The van der Waals surface area contributed by atoms with Gasteiger partial charge in [-0.15, -0.1) is 0 Å². The normalized spacial score (nSPS) is 12.5. The Morgan fingerprint density at radius 2 is 2.36 bits per heavy atom. The number of carbonyl (C=O) groups is 1. The van der Waals surface area contributed by atoms with Crippen LogP contribution in [0, 0.1) is 5.21 Å². The van der Waals surface area contributed by atoms with Crippen molar-refractivity contribution in [2.75, 3.05) is 0 Å². The third-order valence-electron chi connectivity index (χ3n) is 1.12. The molecule has 58 valence electrons. The first-order valence-corrected chi connectivity index (χ1v) is 2.97. The molecule has 0 aliphatic heterocycles. The second-order valence-corrected chi connectivity index (χ2v) is 1.91. The van der Waals surface area contributed by atoms with Gasteiger partial charge in [-0.3, -0.25) is 0 Å². The van der Waals surface area contributed by atoms with Crippen LogP contribution in [-0.2, 0) is 0 Å². The van der Waals surface area contributed by atoms with E-state index >= 15 is 0 Å². The number of nitrogens with one attached hydrogen (secondary N) is 1. The summed E-state index contributed by atoms with van der Waals surface area (Å²) >= 11 is 0. The monoisotopic (exact) mass is 153 g/mol. The first-order chi connectivity index (χ1) is 5.22. The van der Waals surface area contributed by atoms with Gasteiger partial charge in [0, 0.05) is 12.3 Å². The van der Waals surface area contributed by atoms with Crippen LogP contribution >= 0.6 is 0 Å². The van der Waals surface area contributed by atoms with Crippen LogP contribution in [0.1, 0.15) is 0 Å². The Kier molecular flexibility index (Phi) is 2.15. The van der Waals surface area contributed by atoms with Crippen molar-refractivity contribution < 1.29 is 9.86 Å². The Balaban J connectivity index is 2.85. The van der Waals surface area contributed by atoms with Gasteiger partial charge in [-0.2, -0.15) is 0 Å². The van der Waals surface area contributed by atoms with E-state index in [1.54, 1.807) is 12.1 Å². The van der Waals surface area contributed by atoms with Crippen LogP contribution in [0.2, 0.25) is 0 Å². The molecule has 0 bridgehead atoms. The van der Waals surface area contributed by atoms with Crippen molar-refractivity contribution in [3.63, 3.8) is 0 Å². The summed E-state index contributed by atoms with van der Waals surface area (Å²) in [6.45, 7) is 0. The van der Waals surface area contributed by atoms with Crippen LogP contribution in [0.4, 0.5) is 10.6 Å². The fourth-order valence-corrected chi connectivity index (χ4v) is 0.623. The number of primary amides is 1. The second kappa shape index (κ2) is 3.09. The van der Waals surface area contributed by atoms with E-state index < -0.39 is 11.1 Å². The average Bonchev–Trinajstić information content (AvgIpc) is 2.05. The standard InChI is InChI=1S/C6H7N3O2/c7-6(10)9(11)5-3-1-2-4-8-5/h1-4,9H,(H2,7,10). The quantitative estimate of drug-likeness (QED) is 0.517. The van der Waals surface area contributed by atoms with Crippen LogP contribution in [0.3, 0.4) is 0 Å². The molecule has 5 nitrogen and oxygen atoms in total. The number of hydrogen-bond donors (Lipinski definition) is 2. The number of hydroxylamine groups is 1. The molecule has 0 saturated heterocycles. The lowest BCUT2D eigenvalue weighted by molar-refractivity contribution is -0.682. The summed E-state index contributed by atoms with van der Waals surface area (Å²) in [6.07, 6.45) is 1.43. The maximum absolute atomic E-state index is 10.8. The van der Waals surface area contributed by atoms with E-state index in [1.165, 1.54) is 12.3 Å². The van der Waals surface area contributed by atoms with Crippen molar-refractivity contribution in [2.24, 2.45) is 5.73 Å². The summed E-state index contributed by atoms with van der Waals surface area (Å²) in [5.41, 5.74) is 4.74. The molecule has 1 heterocycles. The fourth-order valence-electron chi connectivity index (χ4n) is 0.623. The zero-order chi connectivity index (χ0) is 8.27. The molecule has 0 fully saturated rings. The molecule has 1 atom stereocenters. The van der Waals surface area contributed by atoms with Crippen molar-refractivity contribution in [1.82, 2.24) is 4.98 Å². The highest BCUT2D eigenvalue weighted by Gasteiger charge is 2.08.